The van der Waals surface area contributed by atoms with Crippen molar-refractivity contribution in [3.63, 3.8) is 0 Å². The van der Waals surface area contributed by atoms with Gasteiger partial charge in [0.1, 0.15) is 16.7 Å². The zero-order valence-corrected chi connectivity index (χ0v) is 19.4. The van der Waals surface area contributed by atoms with Crippen LogP contribution in [0.3, 0.4) is 0 Å². The molecule has 0 fully saturated rings. The Morgan fingerprint density at radius 2 is 1.66 bits per heavy atom. The number of aromatic nitrogens is 1. The van der Waals surface area contributed by atoms with Crippen LogP contribution in [0.15, 0.2) is 41.8 Å². The summed E-state index contributed by atoms with van der Waals surface area (Å²) in [6, 6.07) is 12.6. The van der Waals surface area contributed by atoms with Crippen molar-refractivity contribution < 1.29 is 19.0 Å². The van der Waals surface area contributed by atoms with Gasteiger partial charge in [-0.3, -0.25) is 4.79 Å². The Kier molecular flexibility index (Phi) is 7.33. The molecule has 0 saturated carbocycles. The molecule has 1 aromatic heterocycles. The van der Waals surface area contributed by atoms with E-state index in [0.29, 0.717) is 28.7 Å². The van der Waals surface area contributed by atoms with Crippen LogP contribution in [0.2, 0.25) is 0 Å². The van der Waals surface area contributed by atoms with E-state index in [4.69, 9.17) is 14.2 Å². The predicted molar refractivity (Wildman–Crippen MR) is 124 cm³/mol. The lowest BCUT2D eigenvalue weighted by Crippen LogP contribution is -2.28. The van der Waals surface area contributed by atoms with E-state index in [1.807, 2.05) is 12.1 Å². The number of methoxy groups -OCH3 is 3. The maximum absolute atomic E-state index is 12.8. The van der Waals surface area contributed by atoms with Gasteiger partial charge in [0.2, 0.25) is 5.75 Å². The van der Waals surface area contributed by atoms with E-state index in [-0.39, 0.29) is 5.69 Å². The second kappa shape index (κ2) is 10.2. The summed E-state index contributed by atoms with van der Waals surface area (Å²) < 4.78 is 16.0. The maximum atomic E-state index is 12.8. The van der Waals surface area contributed by atoms with Crippen molar-refractivity contribution in [2.24, 2.45) is 0 Å². The first-order valence-corrected chi connectivity index (χ1v) is 10.9. The Bertz CT molecular complexity index is 1110. The lowest BCUT2D eigenvalue weighted by Gasteiger charge is -2.17. The fraction of sp³-hybridized carbons (Fsp3) is 0.292. The monoisotopic (exact) mass is 451 g/mol. The van der Waals surface area contributed by atoms with Gasteiger partial charge in [-0.05, 0) is 29.2 Å². The van der Waals surface area contributed by atoms with Crippen LogP contribution >= 0.6 is 11.3 Å². The van der Waals surface area contributed by atoms with Crippen LogP contribution in [-0.4, -0.2) is 32.2 Å². The fourth-order valence-corrected chi connectivity index (χ4v) is 3.99. The van der Waals surface area contributed by atoms with Crippen LogP contribution in [0.5, 0.6) is 17.2 Å². The third kappa shape index (κ3) is 4.84. The van der Waals surface area contributed by atoms with Gasteiger partial charge in [0.25, 0.3) is 5.91 Å². The number of ether oxygens (including phenoxy) is 3. The average molecular weight is 452 g/mol. The molecule has 3 aromatic rings. The number of nitriles is 1. The minimum absolute atomic E-state index is 0.255. The molecule has 32 heavy (non-hydrogen) atoms. The molecule has 0 saturated heterocycles. The van der Waals surface area contributed by atoms with Crippen LogP contribution < -0.4 is 19.5 Å². The fourth-order valence-electron chi connectivity index (χ4n) is 3.18. The van der Waals surface area contributed by atoms with Gasteiger partial charge in [0, 0.05) is 10.9 Å². The highest BCUT2D eigenvalue weighted by atomic mass is 32.1. The van der Waals surface area contributed by atoms with E-state index in [9.17, 15) is 10.1 Å². The molecule has 1 amide bonds. The van der Waals surface area contributed by atoms with Crippen molar-refractivity contribution in [1.82, 2.24) is 10.3 Å². The van der Waals surface area contributed by atoms with E-state index < -0.39 is 11.9 Å². The minimum atomic E-state index is -0.924. The van der Waals surface area contributed by atoms with E-state index in [1.54, 1.807) is 17.5 Å². The Morgan fingerprint density at radius 3 is 2.16 bits per heavy atom. The minimum Gasteiger partial charge on any atom is -0.493 e. The molecule has 1 atom stereocenters. The highest BCUT2D eigenvalue weighted by Crippen LogP contribution is 2.39. The number of carbonyl (C=O) groups is 1. The summed E-state index contributed by atoms with van der Waals surface area (Å²) in [4.78, 5) is 17.3. The van der Waals surface area contributed by atoms with Gasteiger partial charge in [-0.25, -0.2) is 4.98 Å². The SMILES string of the molecule is COc1cc(C(C#N)NC(=O)c2csc(-c3ccc(C(C)C)cc3)n2)cc(OC)c1OC. The molecule has 2 aromatic carbocycles. The Morgan fingerprint density at radius 1 is 1.03 bits per heavy atom. The van der Waals surface area contributed by atoms with Gasteiger partial charge in [-0.2, -0.15) is 5.26 Å². The van der Waals surface area contributed by atoms with Crippen molar-refractivity contribution in [2.75, 3.05) is 21.3 Å². The lowest BCUT2D eigenvalue weighted by atomic mass is 10.0. The number of hydrogen-bond acceptors (Lipinski definition) is 7. The zero-order valence-electron chi connectivity index (χ0n) is 18.6. The number of carbonyl (C=O) groups excluding carboxylic acids is 1. The number of amides is 1. The summed E-state index contributed by atoms with van der Waals surface area (Å²) in [5, 5.41) is 14.8. The summed E-state index contributed by atoms with van der Waals surface area (Å²) in [7, 11) is 4.48. The Labute approximate surface area is 191 Å². The summed E-state index contributed by atoms with van der Waals surface area (Å²) in [6.45, 7) is 4.28. The number of thiazole rings is 1. The molecule has 0 bridgehead atoms. The van der Waals surface area contributed by atoms with Crippen molar-refractivity contribution >= 4 is 17.2 Å². The number of hydrogen-bond donors (Lipinski definition) is 1. The molecular weight excluding hydrogens is 426 g/mol. The van der Waals surface area contributed by atoms with Crippen molar-refractivity contribution in [2.45, 2.75) is 25.8 Å². The third-order valence-electron chi connectivity index (χ3n) is 4.99. The molecule has 0 radical (unpaired) electrons. The van der Waals surface area contributed by atoms with Gasteiger partial charge in [-0.1, -0.05) is 38.1 Å². The standard InChI is InChI=1S/C24H25N3O4S/c1-14(2)15-6-8-16(9-7-15)24-27-19(13-32-24)23(28)26-18(12-25)17-10-20(29-3)22(31-5)21(11-17)30-4/h6-11,13-14,18H,1-5H3,(H,26,28). The maximum Gasteiger partial charge on any atom is 0.272 e. The molecule has 1 unspecified atom stereocenters. The second-order valence-corrected chi connectivity index (χ2v) is 8.17. The van der Waals surface area contributed by atoms with Crippen molar-refractivity contribution in [3.05, 3.63) is 58.6 Å². The molecule has 0 aliphatic rings. The Hall–Kier alpha value is -3.57. The average Bonchev–Trinajstić information content (AvgIpc) is 3.32. The summed E-state index contributed by atoms with van der Waals surface area (Å²) >= 11 is 1.38. The van der Waals surface area contributed by atoms with E-state index in [0.717, 1.165) is 10.6 Å². The quantitative estimate of drug-likeness (QED) is 0.521. The summed E-state index contributed by atoms with van der Waals surface area (Å²) in [6.07, 6.45) is 0. The number of rotatable bonds is 8. The second-order valence-electron chi connectivity index (χ2n) is 7.31. The van der Waals surface area contributed by atoms with Crippen LogP contribution in [-0.2, 0) is 0 Å². The number of nitrogens with one attached hydrogen (secondary N) is 1. The zero-order chi connectivity index (χ0) is 23.3. The normalized spacial score (nSPS) is 11.5. The van der Waals surface area contributed by atoms with Gasteiger partial charge >= 0.3 is 0 Å². The van der Waals surface area contributed by atoms with Gasteiger partial charge in [0.05, 0.1) is 27.4 Å². The number of nitrogens with zero attached hydrogens (tertiary/aromatic N) is 2. The molecule has 7 nitrogen and oxygen atoms in total. The van der Waals surface area contributed by atoms with E-state index >= 15 is 0 Å². The molecule has 166 valence electrons. The summed E-state index contributed by atoms with van der Waals surface area (Å²) in [5.41, 5.74) is 2.95. The van der Waals surface area contributed by atoms with E-state index in [2.05, 4.69) is 42.4 Å². The van der Waals surface area contributed by atoms with Gasteiger partial charge in [-0.15, -0.1) is 11.3 Å². The van der Waals surface area contributed by atoms with Crippen LogP contribution in [0.4, 0.5) is 0 Å². The van der Waals surface area contributed by atoms with Gasteiger partial charge < -0.3 is 19.5 Å². The third-order valence-corrected chi connectivity index (χ3v) is 5.88. The molecule has 3 rings (SSSR count). The largest absolute Gasteiger partial charge is 0.493 e. The Balaban J connectivity index is 1.81. The number of benzene rings is 2. The van der Waals surface area contributed by atoms with E-state index in [1.165, 1.54) is 38.2 Å². The highest BCUT2D eigenvalue weighted by Gasteiger charge is 2.22. The molecule has 0 aliphatic heterocycles. The van der Waals surface area contributed by atoms with Crippen LogP contribution in [0, 0.1) is 11.3 Å². The van der Waals surface area contributed by atoms with Crippen LogP contribution in [0.25, 0.3) is 10.6 Å². The first kappa shape index (κ1) is 23.1. The molecule has 1 N–H and O–H groups in total. The molecule has 8 heteroatoms. The summed E-state index contributed by atoms with van der Waals surface area (Å²) in [5.74, 6) is 1.22. The molecular formula is C24H25N3O4S. The lowest BCUT2D eigenvalue weighted by molar-refractivity contribution is 0.0941. The molecule has 1 heterocycles. The molecule has 0 spiro atoms. The highest BCUT2D eigenvalue weighted by molar-refractivity contribution is 7.13. The van der Waals surface area contributed by atoms with Gasteiger partial charge in [0.15, 0.2) is 11.5 Å². The van der Waals surface area contributed by atoms with Crippen LogP contribution in [0.1, 0.15) is 47.4 Å². The first-order valence-electron chi connectivity index (χ1n) is 9.98. The topological polar surface area (TPSA) is 93.5 Å². The first-order chi connectivity index (χ1) is 15.4. The van der Waals surface area contributed by atoms with Crippen molar-refractivity contribution in [1.29, 1.82) is 5.26 Å². The molecule has 0 aliphatic carbocycles. The predicted octanol–water partition coefficient (Wildman–Crippen LogP) is 4.95. The smallest absolute Gasteiger partial charge is 0.272 e. The van der Waals surface area contributed by atoms with Crippen molar-refractivity contribution in [3.8, 4) is 33.9 Å².